The Labute approximate surface area is 125 Å². The van der Waals surface area contributed by atoms with Crippen molar-refractivity contribution in [1.29, 1.82) is 0 Å². The van der Waals surface area contributed by atoms with Crippen LogP contribution < -0.4 is 15.4 Å². The molecule has 1 fully saturated rings. The zero-order chi connectivity index (χ0) is 14.5. The lowest BCUT2D eigenvalue weighted by Crippen LogP contribution is -2.31. The van der Waals surface area contributed by atoms with Crippen LogP contribution in [0.15, 0.2) is 24.3 Å². The Hall–Kier alpha value is -1.88. The third kappa shape index (κ3) is 3.42. The second-order valence-corrected chi connectivity index (χ2v) is 5.37. The molecule has 21 heavy (non-hydrogen) atoms. The van der Waals surface area contributed by atoms with Gasteiger partial charge in [0.2, 0.25) is 0 Å². The van der Waals surface area contributed by atoms with Crippen LogP contribution in [0.1, 0.15) is 19.8 Å². The lowest BCUT2D eigenvalue weighted by Gasteiger charge is -2.23. The van der Waals surface area contributed by atoms with E-state index in [9.17, 15) is 0 Å². The molecule has 0 radical (unpaired) electrons. The van der Waals surface area contributed by atoms with Gasteiger partial charge in [-0.05, 0) is 50.9 Å². The molecule has 1 saturated heterocycles. The van der Waals surface area contributed by atoms with Crippen LogP contribution in [-0.4, -0.2) is 36.2 Å². The van der Waals surface area contributed by atoms with Gasteiger partial charge in [-0.15, -0.1) is 0 Å². The van der Waals surface area contributed by atoms with Crippen molar-refractivity contribution in [2.24, 2.45) is 5.92 Å². The number of fused-ring (bicyclic) bond motifs is 1. The van der Waals surface area contributed by atoms with Gasteiger partial charge >= 0.3 is 0 Å². The number of para-hydroxylation sites is 2. The number of rotatable bonds is 5. The molecule has 0 atom stereocenters. The number of hydrogen-bond acceptors (Lipinski definition) is 5. The standard InChI is InChI=1S/C16H22N4O/c1-2-21-16-15(18-11-12-7-9-17-10-8-12)19-13-5-3-4-6-14(13)20-16/h3-6,12,17H,2,7-11H2,1H3,(H,18,19). The first kappa shape index (κ1) is 14.1. The number of nitrogens with one attached hydrogen (secondary N) is 2. The van der Waals surface area contributed by atoms with E-state index in [2.05, 4.69) is 20.6 Å². The average molecular weight is 286 g/mol. The summed E-state index contributed by atoms with van der Waals surface area (Å²) in [5.74, 6) is 2.05. The minimum Gasteiger partial charge on any atom is -0.475 e. The molecule has 0 bridgehead atoms. The predicted molar refractivity (Wildman–Crippen MR) is 84.8 cm³/mol. The highest BCUT2D eigenvalue weighted by atomic mass is 16.5. The van der Waals surface area contributed by atoms with Crippen LogP contribution >= 0.6 is 0 Å². The van der Waals surface area contributed by atoms with Crippen molar-refractivity contribution < 1.29 is 4.74 Å². The van der Waals surface area contributed by atoms with E-state index in [0.29, 0.717) is 18.4 Å². The van der Waals surface area contributed by atoms with Crippen molar-refractivity contribution in [3.8, 4) is 5.88 Å². The summed E-state index contributed by atoms with van der Waals surface area (Å²) < 4.78 is 5.64. The molecule has 1 aromatic heterocycles. The Bertz CT molecular complexity index is 596. The SMILES string of the molecule is CCOc1nc2ccccc2nc1NCC1CCNCC1. The highest BCUT2D eigenvalue weighted by Gasteiger charge is 2.15. The third-order valence-electron chi connectivity index (χ3n) is 3.84. The van der Waals surface area contributed by atoms with Gasteiger partial charge < -0.3 is 15.4 Å². The molecule has 1 aliphatic heterocycles. The molecule has 0 spiro atoms. The van der Waals surface area contributed by atoms with Crippen LogP contribution in [0.4, 0.5) is 5.82 Å². The summed E-state index contributed by atoms with van der Waals surface area (Å²) in [6.07, 6.45) is 2.41. The highest BCUT2D eigenvalue weighted by molar-refractivity contribution is 5.77. The smallest absolute Gasteiger partial charge is 0.258 e. The summed E-state index contributed by atoms with van der Waals surface area (Å²) in [6.45, 7) is 5.69. The predicted octanol–water partition coefficient (Wildman–Crippen LogP) is 2.44. The van der Waals surface area contributed by atoms with E-state index in [1.807, 2.05) is 31.2 Å². The number of nitrogens with zero attached hydrogens (tertiary/aromatic N) is 2. The molecular weight excluding hydrogens is 264 g/mol. The lowest BCUT2D eigenvalue weighted by atomic mass is 9.98. The Balaban J connectivity index is 1.79. The minimum atomic E-state index is 0.592. The third-order valence-corrected chi connectivity index (χ3v) is 3.84. The Morgan fingerprint density at radius 1 is 1.19 bits per heavy atom. The summed E-state index contributed by atoms with van der Waals surface area (Å²) in [4.78, 5) is 9.23. The number of hydrogen-bond donors (Lipinski definition) is 2. The summed E-state index contributed by atoms with van der Waals surface area (Å²) >= 11 is 0. The maximum atomic E-state index is 5.64. The van der Waals surface area contributed by atoms with Gasteiger partial charge in [-0.25, -0.2) is 9.97 Å². The molecule has 5 nitrogen and oxygen atoms in total. The number of aromatic nitrogens is 2. The molecule has 0 saturated carbocycles. The van der Waals surface area contributed by atoms with E-state index in [4.69, 9.17) is 4.74 Å². The minimum absolute atomic E-state index is 0.592. The summed E-state index contributed by atoms with van der Waals surface area (Å²) in [5.41, 5.74) is 1.77. The van der Waals surface area contributed by atoms with Gasteiger partial charge in [0.05, 0.1) is 17.6 Å². The molecule has 0 unspecified atom stereocenters. The molecule has 0 aliphatic carbocycles. The van der Waals surface area contributed by atoms with Gasteiger partial charge in [-0.2, -0.15) is 0 Å². The number of ether oxygens (including phenoxy) is 1. The van der Waals surface area contributed by atoms with Gasteiger partial charge in [0.15, 0.2) is 5.82 Å². The maximum absolute atomic E-state index is 5.64. The van der Waals surface area contributed by atoms with Gasteiger partial charge in [0, 0.05) is 6.54 Å². The van der Waals surface area contributed by atoms with Crippen molar-refractivity contribution in [3.63, 3.8) is 0 Å². The zero-order valence-electron chi connectivity index (χ0n) is 12.4. The fraction of sp³-hybridized carbons (Fsp3) is 0.500. The van der Waals surface area contributed by atoms with Crippen LogP contribution in [-0.2, 0) is 0 Å². The first-order valence-corrected chi connectivity index (χ1v) is 7.71. The van der Waals surface area contributed by atoms with Crippen molar-refractivity contribution in [2.45, 2.75) is 19.8 Å². The van der Waals surface area contributed by atoms with Gasteiger partial charge in [0.1, 0.15) is 0 Å². The molecule has 5 heteroatoms. The fourth-order valence-corrected chi connectivity index (χ4v) is 2.66. The Morgan fingerprint density at radius 3 is 2.62 bits per heavy atom. The number of benzene rings is 1. The van der Waals surface area contributed by atoms with E-state index in [0.717, 1.165) is 36.5 Å². The second kappa shape index (κ2) is 6.72. The lowest BCUT2D eigenvalue weighted by molar-refractivity contribution is 0.327. The fourth-order valence-electron chi connectivity index (χ4n) is 2.66. The van der Waals surface area contributed by atoms with Gasteiger partial charge in [-0.1, -0.05) is 12.1 Å². The normalized spacial score (nSPS) is 16.0. The first-order valence-electron chi connectivity index (χ1n) is 7.71. The topological polar surface area (TPSA) is 59.1 Å². The summed E-state index contributed by atoms with van der Waals surface area (Å²) in [5, 5.41) is 6.82. The first-order chi connectivity index (χ1) is 10.4. The van der Waals surface area contributed by atoms with E-state index in [1.54, 1.807) is 0 Å². The Kier molecular flexibility index (Phi) is 4.50. The van der Waals surface area contributed by atoms with Crippen LogP contribution in [0, 0.1) is 5.92 Å². The second-order valence-electron chi connectivity index (χ2n) is 5.37. The van der Waals surface area contributed by atoms with Crippen LogP contribution in [0.3, 0.4) is 0 Å². The van der Waals surface area contributed by atoms with Crippen molar-refractivity contribution in [1.82, 2.24) is 15.3 Å². The highest BCUT2D eigenvalue weighted by Crippen LogP contribution is 2.24. The van der Waals surface area contributed by atoms with Gasteiger partial charge in [0.25, 0.3) is 5.88 Å². The average Bonchev–Trinajstić information content (AvgIpc) is 2.54. The van der Waals surface area contributed by atoms with E-state index < -0.39 is 0 Å². The van der Waals surface area contributed by atoms with E-state index >= 15 is 0 Å². The van der Waals surface area contributed by atoms with Crippen LogP contribution in [0.25, 0.3) is 11.0 Å². The molecule has 2 aromatic rings. The zero-order valence-corrected chi connectivity index (χ0v) is 12.4. The van der Waals surface area contributed by atoms with Crippen molar-refractivity contribution >= 4 is 16.9 Å². The van der Waals surface area contributed by atoms with E-state index in [-0.39, 0.29) is 0 Å². The molecule has 0 amide bonds. The molecule has 1 aromatic carbocycles. The monoisotopic (exact) mass is 286 g/mol. The summed E-state index contributed by atoms with van der Waals surface area (Å²) in [7, 11) is 0. The molecule has 2 N–H and O–H groups in total. The Morgan fingerprint density at radius 2 is 1.90 bits per heavy atom. The van der Waals surface area contributed by atoms with Crippen LogP contribution in [0.5, 0.6) is 5.88 Å². The molecule has 3 rings (SSSR count). The number of piperidine rings is 1. The summed E-state index contributed by atoms with van der Waals surface area (Å²) in [6, 6.07) is 7.89. The van der Waals surface area contributed by atoms with Crippen molar-refractivity contribution in [3.05, 3.63) is 24.3 Å². The quantitative estimate of drug-likeness (QED) is 0.884. The maximum Gasteiger partial charge on any atom is 0.258 e. The molecule has 1 aliphatic rings. The van der Waals surface area contributed by atoms with Gasteiger partial charge in [-0.3, -0.25) is 0 Å². The number of anilines is 1. The largest absolute Gasteiger partial charge is 0.475 e. The molecule has 112 valence electrons. The van der Waals surface area contributed by atoms with E-state index in [1.165, 1.54) is 12.8 Å². The van der Waals surface area contributed by atoms with Crippen LogP contribution in [0.2, 0.25) is 0 Å². The van der Waals surface area contributed by atoms with Crippen molar-refractivity contribution in [2.75, 3.05) is 31.6 Å². The molecule has 2 heterocycles. The molecular formula is C16H22N4O.